The van der Waals surface area contributed by atoms with Crippen molar-refractivity contribution in [2.75, 3.05) is 26.4 Å². The van der Waals surface area contributed by atoms with Crippen LogP contribution in [0.15, 0.2) is 42.5 Å². The molecular formula is C31H42O5. The first-order valence-electron chi connectivity index (χ1n) is 13.7. The zero-order chi connectivity index (χ0) is 25.4. The van der Waals surface area contributed by atoms with Crippen molar-refractivity contribution in [1.29, 1.82) is 0 Å². The van der Waals surface area contributed by atoms with E-state index in [1.807, 2.05) is 13.8 Å². The maximum absolute atomic E-state index is 6.58. The van der Waals surface area contributed by atoms with Crippen molar-refractivity contribution in [3.05, 3.63) is 64.7 Å². The molecule has 5 rings (SSSR count). The normalized spacial score (nSPS) is 27.9. The van der Waals surface area contributed by atoms with Gasteiger partial charge in [-0.3, -0.25) is 0 Å². The minimum absolute atomic E-state index is 0.0537. The van der Waals surface area contributed by atoms with Crippen LogP contribution in [0.25, 0.3) is 0 Å². The summed E-state index contributed by atoms with van der Waals surface area (Å²) in [6.45, 7) is 12.9. The predicted molar refractivity (Wildman–Crippen MR) is 141 cm³/mol. The van der Waals surface area contributed by atoms with Crippen molar-refractivity contribution in [2.24, 2.45) is 0 Å². The molecule has 5 nitrogen and oxygen atoms in total. The molecule has 1 saturated carbocycles. The second-order valence-electron chi connectivity index (χ2n) is 11.2. The largest absolute Gasteiger partial charge is 0.490 e. The van der Waals surface area contributed by atoms with E-state index in [4.69, 9.17) is 23.7 Å². The molecule has 196 valence electrons. The lowest BCUT2D eigenvalue weighted by Crippen LogP contribution is -2.58. The lowest BCUT2D eigenvalue weighted by atomic mass is 9.56. The van der Waals surface area contributed by atoms with E-state index in [1.54, 1.807) is 0 Å². The standard InChI is InChI=1S/C31H42O5/c1-6-27(24-18-22(2)28(23(3)19-24)32-20-26-21-35-29(4,5)36-26)30(25-12-8-7-9-13-25)14-10-11-15-31(30)33-16-17-34-31/h7-9,12-13,18-19,26-27H,6,10-11,14-17,20-21H2,1-5H3/t26-,27?,30?/m1/s1. The van der Waals surface area contributed by atoms with Crippen molar-refractivity contribution in [3.63, 3.8) is 0 Å². The van der Waals surface area contributed by atoms with Gasteiger partial charge >= 0.3 is 0 Å². The molecule has 3 atom stereocenters. The second kappa shape index (κ2) is 10.1. The molecule has 2 saturated heterocycles. The lowest BCUT2D eigenvalue weighted by Gasteiger charge is -2.54. The highest BCUT2D eigenvalue weighted by Crippen LogP contribution is 2.59. The summed E-state index contributed by atoms with van der Waals surface area (Å²) in [5.41, 5.74) is 4.74. The molecule has 0 aromatic heterocycles. The van der Waals surface area contributed by atoms with E-state index in [0.717, 1.165) is 42.6 Å². The number of rotatable bonds is 7. The van der Waals surface area contributed by atoms with Gasteiger partial charge in [-0.2, -0.15) is 0 Å². The molecule has 0 N–H and O–H groups in total. The summed E-state index contributed by atoms with van der Waals surface area (Å²) >= 11 is 0. The Balaban J connectivity index is 1.50. The Morgan fingerprint density at radius 2 is 1.61 bits per heavy atom. The van der Waals surface area contributed by atoms with Crippen LogP contribution in [-0.4, -0.2) is 44.1 Å². The Kier molecular flexibility index (Phi) is 7.21. The third-order valence-electron chi connectivity index (χ3n) is 8.42. The fourth-order valence-corrected chi connectivity index (χ4v) is 7.08. The molecule has 2 unspecified atom stereocenters. The Labute approximate surface area is 216 Å². The molecule has 2 aliphatic heterocycles. The fraction of sp³-hybridized carbons (Fsp3) is 0.613. The van der Waals surface area contributed by atoms with Crippen LogP contribution in [0.5, 0.6) is 5.75 Å². The van der Waals surface area contributed by atoms with Crippen LogP contribution in [0.4, 0.5) is 0 Å². The molecule has 1 spiro atoms. The van der Waals surface area contributed by atoms with Gasteiger partial charge in [0.15, 0.2) is 11.6 Å². The third-order valence-corrected chi connectivity index (χ3v) is 8.42. The Hall–Kier alpha value is -1.92. The van der Waals surface area contributed by atoms with Crippen molar-refractivity contribution in [1.82, 2.24) is 0 Å². The summed E-state index contributed by atoms with van der Waals surface area (Å²) in [5, 5.41) is 0. The lowest BCUT2D eigenvalue weighted by molar-refractivity contribution is -0.233. The first-order valence-corrected chi connectivity index (χ1v) is 13.7. The summed E-state index contributed by atoms with van der Waals surface area (Å²) in [6, 6.07) is 15.6. The van der Waals surface area contributed by atoms with Gasteiger partial charge in [-0.15, -0.1) is 0 Å². The van der Waals surface area contributed by atoms with E-state index < -0.39 is 11.6 Å². The van der Waals surface area contributed by atoms with E-state index in [0.29, 0.717) is 26.4 Å². The van der Waals surface area contributed by atoms with E-state index in [9.17, 15) is 0 Å². The Morgan fingerprint density at radius 3 is 2.22 bits per heavy atom. The summed E-state index contributed by atoms with van der Waals surface area (Å²) in [4.78, 5) is 0. The van der Waals surface area contributed by atoms with Crippen LogP contribution >= 0.6 is 0 Å². The molecular weight excluding hydrogens is 452 g/mol. The highest BCUT2D eigenvalue weighted by atomic mass is 16.8. The summed E-state index contributed by atoms with van der Waals surface area (Å²) in [5.74, 6) is 0.0961. The molecule has 2 heterocycles. The average molecular weight is 495 g/mol. The summed E-state index contributed by atoms with van der Waals surface area (Å²) < 4.78 is 31.1. The van der Waals surface area contributed by atoms with Crippen LogP contribution in [0, 0.1) is 13.8 Å². The van der Waals surface area contributed by atoms with Gasteiger partial charge in [0, 0.05) is 6.42 Å². The maximum atomic E-state index is 6.58. The van der Waals surface area contributed by atoms with Crippen LogP contribution in [0.1, 0.15) is 81.0 Å². The first kappa shape index (κ1) is 25.7. The zero-order valence-corrected chi connectivity index (χ0v) is 22.6. The topological polar surface area (TPSA) is 46.2 Å². The molecule has 36 heavy (non-hydrogen) atoms. The van der Waals surface area contributed by atoms with Gasteiger partial charge in [-0.1, -0.05) is 55.8 Å². The van der Waals surface area contributed by atoms with Gasteiger partial charge in [0.05, 0.1) is 25.2 Å². The van der Waals surface area contributed by atoms with E-state index in [1.165, 1.54) is 17.5 Å². The molecule has 3 aliphatic rings. The van der Waals surface area contributed by atoms with Crippen molar-refractivity contribution in [3.8, 4) is 5.75 Å². The fourth-order valence-electron chi connectivity index (χ4n) is 7.08. The predicted octanol–water partition coefficient (Wildman–Crippen LogP) is 6.58. The van der Waals surface area contributed by atoms with Crippen LogP contribution in [0.2, 0.25) is 0 Å². The monoisotopic (exact) mass is 494 g/mol. The van der Waals surface area contributed by atoms with Crippen molar-refractivity contribution < 1.29 is 23.7 Å². The van der Waals surface area contributed by atoms with E-state index in [-0.39, 0.29) is 17.4 Å². The van der Waals surface area contributed by atoms with Crippen LogP contribution < -0.4 is 4.74 Å². The third kappa shape index (κ3) is 4.49. The van der Waals surface area contributed by atoms with Gasteiger partial charge in [-0.25, -0.2) is 0 Å². The Morgan fingerprint density at radius 1 is 0.944 bits per heavy atom. The van der Waals surface area contributed by atoms with Crippen molar-refractivity contribution in [2.45, 2.75) is 95.7 Å². The van der Waals surface area contributed by atoms with Gasteiger partial charge in [-0.05, 0) is 75.1 Å². The number of hydrogen-bond donors (Lipinski definition) is 0. The van der Waals surface area contributed by atoms with Gasteiger partial charge in [0.1, 0.15) is 18.5 Å². The number of hydrogen-bond acceptors (Lipinski definition) is 5. The quantitative estimate of drug-likeness (QED) is 0.435. The average Bonchev–Trinajstić information content (AvgIpc) is 3.47. The molecule has 0 radical (unpaired) electrons. The molecule has 1 aliphatic carbocycles. The van der Waals surface area contributed by atoms with Gasteiger partial charge in [0.25, 0.3) is 0 Å². The number of ether oxygens (including phenoxy) is 5. The maximum Gasteiger partial charge on any atom is 0.178 e. The molecule has 0 bridgehead atoms. The minimum atomic E-state index is -0.573. The molecule has 2 aromatic rings. The Bertz CT molecular complexity index is 1020. The van der Waals surface area contributed by atoms with Gasteiger partial charge in [0.2, 0.25) is 0 Å². The van der Waals surface area contributed by atoms with Crippen LogP contribution in [-0.2, 0) is 24.4 Å². The number of benzene rings is 2. The molecule has 0 amide bonds. The molecule has 5 heteroatoms. The molecule has 3 fully saturated rings. The van der Waals surface area contributed by atoms with E-state index >= 15 is 0 Å². The second-order valence-corrected chi connectivity index (χ2v) is 11.2. The summed E-state index contributed by atoms with van der Waals surface area (Å²) in [6.07, 6.45) is 5.27. The molecule has 2 aromatic carbocycles. The first-order chi connectivity index (χ1) is 17.3. The minimum Gasteiger partial charge on any atom is -0.490 e. The smallest absolute Gasteiger partial charge is 0.178 e. The summed E-state index contributed by atoms with van der Waals surface area (Å²) in [7, 11) is 0. The number of aryl methyl sites for hydroxylation is 2. The highest BCUT2D eigenvalue weighted by molar-refractivity contribution is 5.47. The van der Waals surface area contributed by atoms with Crippen molar-refractivity contribution >= 4 is 0 Å². The van der Waals surface area contributed by atoms with Gasteiger partial charge < -0.3 is 23.7 Å². The van der Waals surface area contributed by atoms with E-state index in [2.05, 4.69) is 63.2 Å². The van der Waals surface area contributed by atoms with Crippen LogP contribution in [0.3, 0.4) is 0 Å². The zero-order valence-electron chi connectivity index (χ0n) is 22.6. The highest BCUT2D eigenvalue weighted by Gasteiger charge is 2.61. The SMILES string of the molecule is CCC(c1cc(C)c(OC[C@@H]2COC(C)(C)O2)c(C)c1)C1(c2ccccc2)CCCCC12OCCO2.